The maximum absolute atomic E-state index is 13.3. The third-order valence-electron chi connectivity index (χ3n) is 4.71. The quantitative estimate of drug-likeness (QED) is 0.652. The minimum atomic E-state index is -3.64. The van der Waals surface area contributed by atoms with Crippen LogP contribution in [0.25, 0.3) is 0 Å². The van der Waals surface area contributed by atoms with Crippen LogP contribution in [0.1, 0.15) is 18.2 Å². The van der Waals surface area contributed by atoms with E-state index in [0.717, 1.165) is 44.1 Å². The molecular formula is C20H27N3O4S2. The first kappa shape index (κ1) is 21.9. The van der Waals surface area contributed by atoms with Gasteiger partial charge in [-0.2, -0.15) is 4.31 Å². The van der Waals surface area contributed by atoms with Crippen LogP contribution >= 0.6 is 11.3 Å². The highest BCUT2D eigenvalue weighted by Gasteiger charge is 2.25. The molecule has 1 aliphatic rings. The Morgan fingerprint density at radius 1 is 1.21 bits per heavy atom. The Kier molecular flexibility index (Phi) is 7.79. The van der Waals surface area contributed by atoms with Crippen molar-refractivity contribution >= 4 is 33.0 Å². The molecular weight excluding hydrogens is 410 g/mol. The van der Waals surface area contributed by atoms with Gasteiger partial charge in [0.05, 0.1) is 18.1 Å². The number of rotatable bonds is 9. The molecule has 0 unspecified atom stereocenters. The van der Waals surface area contributed by atoms with E-state index in [1.165, 1.54) is 6.92 Å². The molecule has 0 bridgehead atoms. The predicted octanol–water partition coefficient (Wildman–Crippen LogP) is 2.62. The molecule has 1 aliphatic heterocycles. The van der Waals surface area contributed by atoms with Gasteiger partial charge in [0.25, 0.3) is 0 Å². The first-order valence-corrected chi connectivity index (χ1v) is 12.0. The van der Waals surface area contributed by atoms with Gasteiger partial charge in [-0.3, -0.25) is 9.69 Å². The van der Waals surface area contributed by atoms with Gasteiger partial charge in [-0.1, -0.05) is 6.07 Å². The monoisotopic (exact) mass is 437 g/mol. The number of amides is 1. The first-order valence-electron chi connectivity index (χ1n) is 9.65. The van der Waals surface area contributed by atoms with E-state index >= 15 is 0 Å². The highest BCUT2D eigenvalue weighted by molar-refractivity contribution is 7.89. The van der Waals surface area contributed by atoms with Crippen LogP contribution in [0.5, 0.6) is 0 Å². The lowest BCUT2D eigenvalue weighted by molar-refractivity contribution is -0.114. The van der Waals surface area contributed by atoms with E-state index in [2.05, 4.69) is 10.2 Å². The van der Waals surface area contributed by atoms with Gasteiger partial charge >= 0.3 is 0 Å². The summed E-state index contributed by atoms with van der Waals surface area (Å²) in [5.74, 6) is -0.192. The maximum atomic E-state index is 13.3. The molecule has 7 nitrogen and oxygen atoms in total. The Balaban J connectivity index is 1.71. The van der Waals surface area contributed by atoms with Crippen LogP contribution < -0.4 is 5.32 Å². The van der Waals surface area contributed by atoms with E-state index < -0.39 is 10.0 Å². The van der Waals surface area contributed by atoms with Gasteiger partial charge in [0.2, 0.25) is 15.9 Å². The Labute approximate surface area is 176 Å². The van der Waals surface area contributed by atoms with Crippen molar-refractivity contribution in [1.29, 1.82) is 0 Å². The minimum Gasteiger partial charge on any atom is -0.379 e. The number of carbonyl (C=O) groups excluding carboxylic acids is 1. The fourth-order valence-corrected chi connectivity index (χ4v) is 5.48. The van der Waals surface area contributed by atoms with E-state index in [0.29, 0.717) is 18.8 Å². The first-order chi connectivity index (χ1) is 13.9. The zero-order valence-corrected chi connectivity index (χ0v) is 18.2. The SMILES string of the molecule is CC(=O)Nc1ccc(S(=O)(=O)N(CCCN2CCOCC2)Cc2cccs2)cc1. The van der Waals surface area contributed by atoms with Crippen molar-refractivity contribution in [2.75, 3.05) is 44.7 Å². The zero-order chi connectivity index (χ0) is 20.7. The second-order valence-electron chi connectivity index (χ2n) is 6.93. The summed E-state index contributed by atoms with van der Waals surface area (Å²) < 4.78 is 33.5. The molecule has 3 rings (SSSR count). The van der Waals surface area contributed by atoms with E-state index in [4.69, 9.17) is 4.74 Å². The van der Waals surface area contributed by atoms with Crippen LogP contribution in [0.2, 0.25) is 0 Å². The molecule has 9 heteroatoms. The van der Waals surface area contributed by atoms with Crippen molar-refractivity contribution in [3.05, 3.63) is 46.7 Å². The van der Waals surface area contributed by atoms with E-state index in [9.17, 15) is 13.2 Å². The lowest BCUT2D eigenvalue weighted by atomic mass is 10.3. The molecule has 1 aromatic heterocycles. The lowest BCUT2D eigenvalue weighted by Crippen LogP contribution is -2.39. The van der Waals surface area contributed by atoms with E-state index in [1.807, 2.05) is 17.5 Å². The number of anilines is 1. The number of thiophene rings is 1. The van der Waals surface area contributed by atoms with Crippen LogP contribution in [0, 0.1) is 0 Å². The van der Waals surface area contributed by atoms with E-state index in [-0.39, 0.29) is 10.8 Å². The zero-order valence-electron chi connectivity index (χ0n) is 16.5. The van der Waals surface area contributed by atoms with Gasteiger partial charge in [0.15, 0.2) is 0 Å². The number of nitrogens with zero attached hydrogens (tertiary/aromatic N) is 2. The standard InChI is InChI=1S/C20H27N3O4S2/c1-17(24)21-18-5-7-20(8-6-18)29(25,26)23(16-19-4-2-15-28-19)10-3-9-22-11-13-27-14-12-22/h2,4-8,15H,3,9-14,16H2,1H3,(H,21,24). The highest BCUT2D eigenvalue weighted by Crippen LogP contribution is 2.22. The van der Waals surface area contributed by atoms with Gasteiger partial charge in [-0.25, -0.2) is 8.42 Å². The predicted molar refractivity (Wildman–Crippen MR) is 115 cm³/mol. The molecule has 2 heterocycles. The van der Waals surface area contributed by atoms with Crippen LogP contribution in [0.15, 0.2) is 46.7 Å². The van der Waals surface area contributed by atoms with Crippen molar-refractivity contribution < 1.29 is 17.9 Å². The van der Waals surface area contributed by atoms with Crippen molar-refractivity contribution in [3.63, 3.8) is 0 Å². The van der Waals surface area contributed by atoms with E-state index in [1.54, 1.807) is 39.9 Å². The molecule has 1 fully saturated rings. The third-order valence-corrected chi connectivity index (χ3v) is 7.43. The number of nitrogens with one attached hydrogen (secondary N) is 1. The summed E-state index contributed by atoms with van der Waals surface area (Å²) >= 11 is 1.55. The van der Waals surface area contributed by atoms with Gasteiger partial charge in [-0.15, -0.1) is 11.3 Å². The van der Waals surface area contributed by atoms with Crippen LogP contribution in [0.3, 0.4) is 0 Å². The number of hydrogen-bond donors (Lipinski definition) is 1. The van der Waals surface area contributed by atoms with Crippen molar-refractivity contribution in [2.45, 2.75) is 24.8 Å². The smallest absolute Gasteiger partial charge is 0.243 e. The molecule has 1 N–H and O–H groups in total. The largest absolute Gasteiger partial charge is 0.379 e. The topological polar surface area (TPSA) is 79.0 Å². The second-order valence-corrected chi connectivity index (χ2v) is 9.90. The Morgan fingerprint density at radius 3 is 2.55 bits per heavy atom. The number of sulfonamides is 1. The van der Waals surface area contributed by atoms with Crippen LogP contribution in [-0.2, 0) is 26.1 Å². The summed E-state index contributed by atoms with van der Waals surface area (Å²) in [4.78, 5) is 14.7. The number of hydrogen-bond acceptors (Lipinski definition) is 6. The lowest BCUT2D eigenvalue weighted by Gasteiger charge is -2.28. The number of carbonyl (C=O) groups is 1. The molecule has 0 radical (unpaired) electrons. The van der Waals surface area contributed by atoms with Gasteiger partial charge in [0, 0.05) is 43.7 Å². The van der Waals surface area contributed by atoms with Gasteiger partial charge in [-0.05, 0) is 48.7 Å². The summed E-state index contributed by atoms with van der Waals surface area (Å²) in [7, 11) is -3.64. The van der Waals surface area contributed by atoms with Crippen molar-refractivity contribution in [2.24, 2.45) is 0 Å². The maximum Gasteiger partial charge on any atom is 0.243 e. The second kappa shape index (κ2) is 10.3. The number of morpholine rings is 1. The molecule has 1 saturated heterocycles. The molecule has 158 valence electrons. The Morgan fingerprint density at radius 2 is 1.93 bits per heavy atom. The van der Waals surface area contributed by atoms with Crippen LogP contribution in [0.4, 0.5) is 5.69 Å². The third kappa shape index (κ3) is 6.35. The molecule has 1 aromatic carbocycles. The fraction of sp³-hybridized carbons (Fsp3) is 0.450. The Hall–Kier alpha value is -1.78. The summed E-state index contributed by atoms with van der Waals surface area (Å²) in [5, 5.41) is 4.61. The molecule has 0 aliphatic carbocycles. The van der Waals surface area contributed by atoms with Crippen molar-refractivity contribution in [3.8, 4) is 0 Å². The summed E-state index contributed by atoms with van der Waals surface area (Å²) in [5.41, 5.74) is 0.577. The normalized spacial score (nSPS) is 15.5. The molecule has 1 amide bonds. The molecule has 0 saturated carbocycles. The van der Waals surface area contributed by atoms with Crippen molar-refractivity contribution in [1.82, 2.24) is 9.21 Å². The average molecular weight is 438 g/mol. The highest BCUT2D eigenvalue weighted by atomic mass is 32.2. The van der Waals surface area contributed by atoms with Gasteiger partial charge in [0.1, 0.15) is 0 Å². The average Bonchev–Trinajstić information content (AvgIpc) is 3.21. The summed E-state index contributed by atoms with van der Waals surface area (Å²) in [6, 6.07) is 10.2. The number of benzene rings is 1. The molecule has 29 heavy (non-hydrogen) atoms. The summed E-state index contributed by atoms with van der Waals surface area (Å²) in [6.07, 6.45) is 0.759. The van der Waals surface area contributed by atoms with Crippen LogP contribution in [-0.4, -0.2) is 62.9 Å². The summed E-state index contributed by atoms with van der Waals surface area (Å²) in [6.45, 7) is 6.32. The molecule has 0 atom stereocenters. The van der Waals surface area contributed by atoms with Gasteiger partial charge < -0.3 is 10.1 Å². The number of ether oxygens (including phenoxy) is 1. The fourth-order valence-electron chi connectivity index (χ4n) is 3.22. The Bertz CT molecular complexity index is 877. The minimum absolute atomic E-state index is 0.192. The molecule has 2 aromatic rings. The molecule has 0 spiro atoms.